The van der Waals surface area contributed by atoms with Gasteiger partial charge >= 0.3 is 0 Å². The van der Waals surface area contributed by atoms with Crippen LogP contribution in [0, 0.1) is 11.3 Å². The van der Waals surface area contributed by atoms with Crippen molar-refractivity contribution in [3.63, 3.8) is 0 Å². The zero-order chi connectivity index (χ0) is 38.6. The molecule has 0 aliphatic rings. The minimum atomic E-state index is 0.523. The van der Waals surface area contributed by atoms with Crippen molar-refractivity contribution in [3.05, 3.63) is 188 Å². The number of hydrogen-bond donors (Lipinski definition) is 0. The molecule has 0 saturated carbocycles. The predicted octanol–water partition coefficient (Wildman–Crippen LogP) is 13.5. The topological polar surface area (TPSA) is 88.7 Å². The third kappa shape index (κ3) is 5.69. The Kier molecular flexibility index (Phi) is 7.76. The minimum absolute atomic E-state index is 0.523. The van der Waals surface area contributed by atoms with Gasteiger partial charge in [-0.25, -0.2) is 15.0 Å². The highest BCUT2D eigenvalue weighted by atomic mass is 16.3. The molecule has 0 aliphatic carbocycles. The van der Waals surface area contributed by atoms with Gasteiger partial charge in [0.15, 0.2) is 17.5 Å². The fourth-order valence-corrected chi connectivity index (χ4v) is 7.97. The highest BCUT2D eigenvalue weighted by molar-refractivity contribution is 6.13. The van der Waals surface area contributed by atoms with Crippen LogP contribution in [0.1, 0.15) is 5.56 Å². The number of nitriles is 1. The lowest BCUT2D eigenvalue weighted by molar-refractivity contribution is 0.668. The van der Waals surface area contributed by atoms with Gasteiger partial charge in [-0.1, -0.05) is 140 Å². The van der Waals surface area contributed by atoms with Crippen LogP contribution in [0.4, 0.5) is 0 Å². The van der Waals surface area contributed by atoms with Gasteiger partial charge in [0.2, 0.25) is 0 Å². The summed E-state index contributed by atoms with van der Waals surface area (Å²) in [5.41, 5.74) is 12.8. The maximum absolute atomic E-state index is 9.46. The molecule has 0 saturated heterocycles. The number of para-hydroxylation sites is 1. The molecule has 11 aromatic rings. The van der Waals surface area contributed by atoms with Gasteiger partial charge in [0, 0.05) is 38.2 Å². The van der Waals surface area contributed by atoms with E-state index in [0.29, 0.717) is 23.0 Å². The maximum atomic E-state index is 9.46. The summed E-state index contributed by atoms with van der Waals surface area (Å²) in [4.78, 5) is 15.3. The van der Waals surface area contributed by atoms with Crippen LogP contribution in [0.3, 0.4) is 0 Å². The minimum Gasteiger partial charge on any atom is -0.456 e. The third-order valence-electron chi connectivity index (χ3n) is 10.8. The van der Waals surface area contributed by atoms with E-state index in [2.05, 4.69) is 78.9 Å². The molecular weight excluding hydrogens is 713 g/mol. The summed E-state index contributed by atoms with van der Waals surface area (Å²) in [6.45, 7) is 0. The van der Waals surface area contributed by atoms with E-state index in [1.165, 1.54) is 11.1 Å². The Labute approximate surface area is 333 Å². The Morgan fingerprint density at radius 2 is 0.862 bits per heavy atom. The van der Waals surface area contributed by atoms with Crippen molar-refractivity contribution in [2.24, 2.45) is 0 Å². The molecule has 0 spiro atoms. The fourth-order valence-electron chi connectivity index (χ4n) is 7.97. The molecule has 0 radical (unpaired) electrons. The summed E-state index contributed by atoms with van der Waals surface area (Å²) in [7, 11) is 0. The molecule has 0 aliphatic heterocycles. The molecule has 6 heteroatoms. The lowest BCUT2D eigenvalue weighted by atomic mass is 9.96. The Morgan fingerprint density at radius 1 is 0.345 bits per heavy atom. The molecule has 3 aromatic heterocycles. The number of hydrogen-bond acceptors (Lipinski definition) is 6. The Hall–Kier alpha value is -8.14. The Morgan fingerprint density at radius 3 is 1.64 bits per heavy atom. The molecule has 0 N–H and O–H groups in total. The predicted molar refractivity (Wildman–Crippen MR) is 232 cm³/mol. The number of furan rings is 2. The van der Waals surface area contributed by atoms with Gasteiger partial charge in [-0.2, -0.15) is 5.26 Å². The van der Waals surface area contributed by atoms with E-state index in [1.807, 2.05) is 109 Å². The number of aromatic nitrogens is 3. The maximum Gasteiger partial charge on any atom is 0.164 e. The van der Waals surface area contributed by atoms with Crippen molar-refractivity contribution in [3.8, 4) is 73.6 Å². The molecule has 0 unspecified atom stereocenters. The quantitative estimate of drug-likeness (QED) is 0.168. The molecule has 0 bridgehead atoms. The van der Waals surface area contributed by atoms with E-state index in [0.717, 1.165) is 82.8 Å². The van der Waals surface area contributed by atoms with Crippen molar-refractivity contribution in [2.75, 3.05) is 0 Å². The largest absolute Gasteiger partial charge is 0.456 e. The van der Waals surface area contributed by atoms with Crippen molar-refractivity contribution >= 4 is 43.9 Å². The van der Waals surface area contributed by atoms with Crippen molar-refractivity contribution in [1.29, 1.82) is 5.26 Å². The molecule has 0 amide bonds. The monoisotopic (exact) mass is 742 g/mol. The molecule has 0 fully saturated rings. The first-order chi connectivity index (χ1) is 28.7. The van der Waals surface area contributed by atoms with Gasteiger partial charge in [0.05, 0.1) is 11.6 Å². The molecule has 58 heavy (non-hydrogen) atoms. The van der Waals surface area contributed by atoms with Crippen LogP contribution < -0.4 is 0 Å². The van der Waals surface area contributed by atoms with Gasteiger partial charge in [-0.05, 0) is 75.8 Å². The standard InChI is InChI=1S/C52H30N4O2/c53-31-32-9-6-12-38(29-32)35-21-25-37(26-22-35)50-54-51(56-52(55-50)43-15-8-18-46-49(43)41-13-4-5-16-44(41)57-46)39-27-28-42-47(30-39)58-45-17-7-14-40(48(42)45)36-23-19-34(20-24-36)33-10-2-1-3-11-33/h1-30H. The number of fused-ring (bicyclic) bond motifs is 6. The Bertz CT molecular complexity index is 3390. The first-order valence-corrected chi connectivity index (χ1v) is 19.1. The van der Waals surface area contributed by atoms with Crippen LogP contribution in [0.2, 0.25) is 0 Å². The van der Waals surface area contributed by atoms with Gasteiger partial charge < -0.3 is 8.83 Å². The zero-order valence-electron chi connectivity index (χ0n) is 30.9. The first kappa shape index (κ1) is 33.2. The van der Waals surface area contributed by atoms with Crippen molar-refractivity contribution < 1.29 is 8.83 Å². The molecule has 3 heterocycles. The lowest BCUT2D eigenvalue weighted by Crippen LogP contribution is -2.00. The smallest absolute Gasteiger partial charge is 0.164 e. The van der Waals surface area contributed by atoms with Gasteiger partial charge in [0.1, 0.15) is 22.3 Å². The second kappa shape index (κ2) is 13.6. The highest BCUT2D eigenvalue weighted by Gasteiger charge is 2.19. The summed E-state index contributed by atoms with van der Waals surface area (Å²) in [6.07, 6.45) is 0. The second-order valence-electron chi connectivity index (χ2n) is 14.3. The number of rotatable bonds is 6. The van der Waals surface area contributed by atoms with Crippen molar-refractivity contribution in [2.45, 2.75) is 0 Å². The Balaban J connectivity index is 1.05. The van der Waals surface area contributed by atoms with Crippen LogP contribution >= 0.6 is 0 Å². The van der Waals surface area contributed by atoms with Crippen LogP contribution in [0.15, 0.2) is 191 Å². The fraction of sp³-hybridized carbons (Fsp3) is 0. The van der Waals surface area contributed by atoms with E-state index in [4.69, 9.17) is 23.8 Å². The number of nitrogens with zero attached hydrogens (tertiary/aromatic N) is 4. The summed E-state index contributed by atoms with van der Waals surface area (Å²) >= 11 is 0. The average molecular weight is 743 g/mol. The van der Waals surface area contributed by atoms with Crippen LogP contribution in [0.5, 0.6) is 0 Å². The SMILES string of the molecule is N#Cc1cccc(-c2ccc(-c3nc(-c4ccc5c(c4)oc4cccc(-c6ccc(-c7ccccc7)cc6)c45)nc(-c4cccc5oc6ccccc6c45)n3)cc2)c1. The van der Waals surface area contributed by atoms with Crippen LogP contribution in [-0.4, -0.2) is 15.0 Å². The first-order valence-electron chi connectivity index (χ1n) is 19.1. The normalized spacial score (nSPS) is 11.4. The van der Waals surface area contributed by atoms with Gasteiger partial charge in [-0.3, -0.25) is 0 Å². The second-order valence-corrected chi connectivity index (χ2v) is 14.3. The summed E-state index contributed by atoms with van der Waals surface area (Å²) in [5, 5.41) is 13.5. The van der Waals surface area contributed by atoms with Crippen molar-refractivity contribution in [1.82, 2.24) is 15.0 Å². The van der Waals surface area contributed by atoms with E-state index in [9.17, 15) is 5.26 Å². The lowest BCUT2D eigenvalue weighted by Gasteiger charge is -2.10. The van der Waals surface area contributed by atoms with E-state index in [-0.39, 0.29) is 0 Å². The molecular formula is C52H30N4O2. The number of benzene rings is 8. The van der Waals surface area contributed by atoms with Crippen LogP contribution in [0.25, 0.3) is 111 Å². The molecule has 8 aromatic carbocycles. The molecule has 0 atom stereocenters. The summed E-state index contributed by atoms with van der Waals surface area (Å²) < 4.78 is 12.8. The highest BCUT2D eigenvalue weighted by Crippen LogP contribution is 2.40. The molecule has 6 nitrogen and oxygen atoms in total. The van der Waals surface area contributed by atoms with Gasteiger partial charge in [0.25, 0.3) is 0 Å². The van der Waals surface area contributed by atoms with E-state index >= 15 is 0 Å². The zero-order valence-corrected chi connectivity index (χ0v) is 30.9. The molecule has 270 valence electrons. The van der Waals surface area contributed by atoms with Crippen LogP contribution in [-0.2, 0) is 0 Å². The summed E-state index contributed by atoms with van der Waals surface area (Å²) in [5.74, 6) is 1.59. The summed E-state index contributed by atoms with van der Waals surface area (Å²) in [6, 6.07) is 63.5. The third-order valence-corrected chi connectivity index (χ3v) is 10.8. The van der Waals surface area contributed by atoms with E-state index < -0.39 is 0 Å². The average Bonchev–Trinajstić information content (AvgIpc) is 3.88. The van der Waals surface area contributed by atoms with Gasteiger partial charge in [-0.15, -0.1) is 0 Å². The van der Waals surface area contributed by atoms with E-state index in [1.54, 1.807) is 0 Å². The molecule has 11 rings (SSSR count).